The molecule has 2 aliphatic rings. The summed E-state index contributed by atoms with van der Waals surface area (Å²) in [6.45, 7) is 4.20. The summed E-state index contributed by atoms with van der Waals surface area (Å²) in [5, 5.41) is 0. The van der Waals surface area contributed by atoms with Crippen LogP contribution in [0.15, 0.2) is 59.7 Å². The SMILES string of the molecule is CC(C)=C1C2C=CC1C(c1ccccc1)=CC2=O. The van der Waals surface area contributed by atoms with Gasteiger partial charge in [0, 0.05) is 5.92 Å². The van der Waals surface area contributed by atoms with Gasteiger partial charge in [-0.2, -0.15) is 0 Å². The molecular formula is C17H16O. The van der Waals surface area contributed by atoms with Crippen LogP contribution in [0.1, 0.15) is 19.4 Å². The van der Waals surface area contributed by atoms with E-state index in [2.05, 4.69) is 38.1 Å². The van der Waals surface area contributed by atoms with Crippen molar-refractivity contribution in [2.45, 2.75) is 13.8 Å². The standard InChI is InChI=1S/C17H16O/c1-11(2)17-13-8-9-14(17)16(18)10-15(13)12-6-4-3-5-7-12/h3-10,13-14H,1-2H3. The van der Waals surface area contributed by atoms with Crippen molar-refractivity contribution < 1.29 is 4.79 Å². The third-order valence-corrected chi connectivity index (χ3v) is 3.79. The third kappa shape index (κ3) is 1.59. The van der Waals surface area contributed by atoms with E-state index < -0.39 is 0 Å². The van der Waals surface area contributed by atoms with Crippen LogP contribution in [-0.4, -0.2) is 5.78 Å². The van der Waals surface area contributed by atoms with E-state index in [9.17, 15) is 4.79 Å². The number of carbonyl (C=O) groups excluding carboxylic acids is 1. The van der Waals surface area contributed by atoms with Crippen molar-refractivity contribution in [1.82, 2.24) is 0 Å². The van der Waals surface area contributed by atoms with Crippen LogP contribution in [-0.2, 0) is 4.79 Å². The summed E-state index contributed by atoms with van der Waals surface area (Å²) in [6.07, 6.45) is 6.07. The van der Waals surface area contributed by atoms with E-state index in [1.54, 1.807) is 0 Å². The molecule has 1 aromatic rings. The Hall–Kier alpha value is -1.89. The number of carbonyl (C=O) groups is 1. The quantitative estimate of drug-likeness (QED) is 0.678. The predicted molar refractivity (Wildman–Crippen MR) is 73.9 cm³/mol. The number of benzene rings is 1. The molecule has 0 radical (unpaired) electrons. The Bertz CT molecular complexity index is 583. The van der Waals surface area contributed by atoms with Crippen molar-refractivity contribution in [3.8, 4) is 0 Å². The van der Waals surface area contributed by atoms with Crippen LogP contribution in [0.2, 0.25) is 0 Å². The Kier molecular flexibility index (Phi) is 2.55. The van der Waals surface area contributed by atoms with Gasteiger partial charge in [0.15, 0.2) is 5.78 Å². The minimum Gasteiger partial charge on any atom is -0.294 e. The lowest BCUT2D eigenvalue weighted by Gasteiger charge is -2.25. The fourth-order valence-electron chi connectivity index (χ4n) is 2.99. The minimum atomic E-state index is -0.00698. The van der Waals surface area contributed by atoms with Crippen LogP contribution >= 0.6 is 0 Å². The van der Waals surface area contributed by atoms with Gasteiger partial charge in [0.05, 0.1) is 5.92 Å². The van der Waals surface area contributed by atoms with Crippen LogP contribution in [0.3, 0.4) is 0 Å². The summed E-state index contributed by atoms with van der Waals surface area (Å²) in [5.41, 5.74) is 4.84. The molecule has 0 amide bonds. The van der Waals surface area contributed by atoms with E-state index in [0.29, 0.717) is 5.92 Å². The van der Waals surface area contributed by atoms with Gasteiger partial charge in [-0.3, -0.25) is 4.79 Å². The molecule has 0 saturated heterocycles. The van der Waals surface area contributed by atoms with Crippen molar-refractivity contribution in [2.75, 3.05) is 0 Å². The van der Waals surface area contributed by atoms with E-state index in [0.717, 1.165) is 11.1 Å². The van der Waals surface area contributed by atoms with Gasteiger partial charge in [0.2, 0.25) is 0 Å². The van der Waals surface area contributed by atoms with Crippen LogP contribution < -0.4 is 0 Å². The van der Waals surface area contributed by atoms with Gasteiger partial charge >= 0.3 is 0 Å². The Morgan fingerprint density at radius 1 is 1.00 bits per heavy atom. The molecule has 2 bridgehead atoms. The minimum absolute atomic E-state index is 0.00698. The second-order valence-corrected chi connectivity index (χ2v) is 5.16. The molecule has 1 nitrogen and oxygen atoms in total. The zero-order chi connectivity index (χ0) is 12.7. The molecule has 0 fully saturated rings. The molecule has 0 heterocycles. The van der Waals surface area contributed by atoms with Gasteiger partial charge in [-0.1, -0.05) is 48.1 Å². The fraction of sp³-hybridized carbons (Fsp3) is 0.235. The maximum Gasteiger partial charge on any atom is 0.166 e. The topological polar surface area (TPSA) is 17.1 Å². The van der Waals surface area contributed by atoms with Crippen molar-refractivity contribution in [3.63, 3.8) is 0 Å². The number of ketones is 1. The van der Waals surface area contributed by atoms with E-state index in [1.807, 2.05) is 24.3 Å². The van der Waals surface area contributed by atoms with Crippen molar-refractivity contribution in [2.24, 2.45) is 11.8 Å². The molecule has 0 N–H and O–H groups in total. The Morgan fingerprint density at radius 3 is 2.33 bits per heavy atom. The van der Waals surface area contributed by atoms with Gasteiger partial charge < -0.3 is 0 Å². The molecule has 0 aromatic heterocycles. The summed E-state index contributed by atoms with van der Waals surface area (Å²) < 4.78 is 0. The second kappa shape index (κ2) is 4.09. The summed E-state index contributed by atoms with van der Waals surface area (Å²) >= 11 is 0. The molecule has 3 rings (SSSR count). The number of rotatable bonds is 1. The number of hydrogen-bond acceptors (Lipinski definition) is 1. The van der Waals surface area contributed by atoms with E-state index in [-0.39, 0.29) is 11.7 Å². The average Bonchev–Trinajstić information content (AvgIpc) is 2.74. The third-order valence-electron chi connectivity index (χ3n) is 3.79. The molecule has 18 heavy (non-hydrogen) atoms. The van der Waals surface area contributed by atoms with Gasteiger partial charge in [-0.25, -0.2) is 0 Å². The maximum atomic E-state index is 12.2. The predicted octanol–water partition coefficient (Wildman–Crippen LogP) is 3.79. The number of fused-ring (bicyclic) bond motifs is 2. The van der Waals surface area contributed by atoms with Gasteiger partial charge in [0.1, 0.15) is 0 Å². The molecule has 1 heteroatoms. The lowest BCUT2D eigenvalue weighted by Crippen LogP contribution is -2.20. The molecule has 0 spiro atoms. The second-order valence-electron chi connectivity index (χ2n) is 5.16. The first kappa shape index (κ1) is 11.2. The average molecular weight is 236 g/mol. The highest BCUT2D eigenvalue weighted by molar-refractivity contribution is 6.06. The number of hydrogen-bond donors (Lipinski definition) is 0. The lowest BCUT2D eigenvalue weighted by molar-refractivity contribution is -0.116. The largest absolute Gasteiger partial charge is 0.294 e. The fourth-order valence-corrected chi connectivity index (χ4v) is 2.99. The lowest BCUT2D eigenvalue weighted by atomic mass is 9.77. The van der Waals surface area contributed by atoms with Crippen molar-refractivity contribution in [3.05, 3.63) is 65.3 Å². The highest BCUT2D eigenvalue weighted by atomic mass is 16.1. The zero-order valence-electron chi connectivity index (χ0n) is 10.7. The first-order valence-corrected chi connectivity index (χ1v) is 6.35. The van der Waals surface area contributed by atoms with Gasteiger partial charge in [-0.15, -0.1) is 0 Å². The molecule has 90 valence electrons. The molecule has 2 aliphatic carbocycles. The van der Waals surface area contributed by atoms with Gasteiger partial charge in [0.25, 0.3) is 0 Å². The van der Waals surface area contributed by atoms with Gasteiger partial charge in [-0.05, 0) is 36.6 Å². The van der Waals surface area contributed by atoms with E-state index in [1.165, 1.54) is 11.1 Å². The maximum absolute atomic E-state index is 12.2. The molecular weight excluding hydrogens is 220 g/mol. The highest BCUT2D eigenvalue weighted by Gasteiger charge is 2.37. The Morgan fingerprint density at radius 2 is 1.67 bits per heavy atom. The first-order valence-electron chi connectivity index (χ1n) is 6.35. The Balaban J connectivity index is 2.15. The van der Waals surface area contributed by atoms with Crippen LogP contribution in [0.25, 0.3) is 5.57 Å². The molecule has 2 atom stereocenters. The highest BCUT2D eigenvalue weighted by Crippen LogP contribution is 2.45. The zero-order valence-corrected chi connectivity index (χ0v) is 10.7. The summed E-state index contributed by atoms with van der Waals surface area (Å²) in [4.78, 5) is 12.2. The molecule has 1 aromatic carbocycles. The van der Waals surface area contributed by atoms with Crippen LogP contribution in [0, 0.1) is 11.8 Å². The summed E-state index contributed by atoms with van der Waals surface area (Å²) in [5.74, 6) is 0.502. The number of allylic oxidation sites excluding steroid dienone is 6. The normalized spacial score (nSPS) is 25.3. The smallest absolute Gasteiger partial charge is 0.166 e. The summed E-state index contributed by atoms with van der Waals surface area (Å²) in [6, 6.07) is 10.2. The van der Waals surface area contributed by atoms with Crippen molar-refractivity contribution in [1.29, 1.82) is 0 Å². The summed E-state index contributed by atoms with van der Waals surface area (Å²) in [7, 11) is 0. The van der Waals surface area contributed by atoms with Crippen LogP contribution in [0.5, 0.6) is 0 Å². The Labute approximate surface area is 108 Å². The molecule has 0 saturated carbocycles. The van der Waals surface area contributed by atoms with Crippen LogP contribution in [0.4, 0.5) is 0 Å². The molecule has 2 unspecified atom stereocenters. The van der Waals surface area contributed by atoms with Crippen molar-refractivity contribution >= 4 is 11.4 Å². The van der Waals surface area contributed by atoms with E-state index in [4.69, 9.17) is 0 Å². The molecule has 0 aliphatic heterocycles. The van der Waals surface area contributed by atoms with E-state index >= 15 is 0 Å². The monoisotopic (exact) mass is 236 g/mol. The first-order chi connectivity index (χ1) is 8.68.